The molecule has 12 heteroatoms. The lowest BCUT2D eigenvalue weighted by Gasteiger charge is -2.29. The van der Waals surface area contributed by atoms with E-state index < -0.39 is 31.4 Å². The lowest BCUT2D eigenvalue weighted by atomic mass is 10.1. The fourth-order valence-corrected chi connectivity index (χ4v) is 4.60. The van der Waals surface area contributed by atoms with Gasteiger partial charge in [0.1, 0.15) is 29.8 Å². The summed E-state index contributed by atoms with van der Waals surface area (Å²) in [6, 6.07) is 2.34. The van der Waals surface area contributed by atoms with Crippen LogP contribution in [0.3, 0.4) is 0 Å². The second-order valence-electron chi connectivity index (χ2n) is 8.74. The van der Waals surface area contributed by atoms with Crippen LogP contribution >= 0.6 is 0 Å². The predicted octanol–water partition coefficient (Wildman–Crippen LogP) is 1.05. The zero-order valence-corrected chi connectivity index (χ0v) is 19.6. The number of amides is 1. The van der Waals surface area contributed by atoms with Crippen LogP contribution in [0.25, 0.3) is 0 Å². The highest BCUT2D eigenvalue weighted by molar-refractivity contribution is 6.01. The first-order chi connectivity index (χ1) is 17.0. The highest BCUT2D eigenvalue weighted by Crippen LogP contribution is 2.29. The number of carbonyl (C=O) groups is 1. The fraction of sp³-hybridized carbons (Fsp3) is 0.522. The SMILES string of the molecule is CN=C1C=C(Nc2cccn(C3CCC[C@H]3O)c2=O)NC2=C(C(=O)N[C@H](CF)CCCF)CNN12. The number of pyridine rings is 1. The van der Waals surface area contributed by atoms with Gasteiger partial charge in [-0.15, -0.1) is 0 Å². The number of nitrogens with one attached hydrogen (secondary N) is 4. The number of aromatic nitrogens is 1. The normalized spacial score (nSPS) is 23.7. The number of hydrogen-bond donors (Lipinski definition) is 5. The van der Waals surface area contributed by atoms with E-state index in [4.69, 9.17) is 0 Å². The summed E-state index contributed by atoms with van der Waals surface area (Å²) in [5.74, 6) is 0.842. The van der Waals surface area contributed by atoms with Gasteiger partial charge in [0.2, 0.25) is 0 Å². The number of alkyl halides is 2. The van der Waals surface area contributed by atoms with Gasteiger partial charge in [0, 0.05) is 25.9 Å². The number of aliphatic hydroxyl groups is 1. The quantitative estimate of drug-likeness (QED) is 0.350. The first-order valence-corrected chi connectivity index (χ1v) is 11.8. The van der Waals surface area contributed by atoms with Crippen LogP contribution in [-0.2, 0) is 4.79 Å². The third kappa shape index (κ3) is 5.22. The van der Waals surface area contributed by atoms with Crippen LogP contribution in [0.1, 0.15) is 38.1 Å². The van der Waals surface area contributed by atoms with Crippen LogP contribution in [0, 0.1) is 0 Å². The Hall–Kier alpha value is -3.25. The molecule has 190 valence electrons. The van der Waals surface area contributed by atoms with Gasteiger partial charge in [0.25, 0.3) is 11.5 Å². The summed E-state index contributed by atoms with van der Waals surface area (Å²) < 4.78 is 27.3. The molecule has 3 atom stereocenters. The van der Waals surface area contributed by atoms with Crippen LogP contribution in [-0.4, -0.2) is 65.5 Å². The van der Waals surface area contributed by atoms with Crippen molar-refractivity contribution in [3.63, 3.8) is 0 Å². The van der Waals surface area contributed by atoms with Gasteiger partial charge in [-0.3, -0.25) is 19.0 Å². The first-order valence-electron chi connectivity index (χ1n) is 11.8. The zero-order valence-electron chi connectivity index (χ0n) is 19.6. The number of aliphatic imine (C=N–C) groups is 1. The summed E-state index contributed by atoms with van der Waals surface area (Å²) in [6.45, 7) is -1.19. The van der Waals surface area contributed by atoms with Crippen molar-refractivity contribution in [2.45, 2.75) is 50.3 Å². The van der Waals surface area contributed by atoms with Crippen molar-refractivity contribution in [2.24, 2.45) is 4.99 Å². The van der Waals surface area contributed by atoms with E-state index >= 15 is 0 Å². The molecule has 0 spiro atoms. The Balaban J connectivity index is 1.56. The standard InChI is InChI=1S/C23H31F2N7O3/c1-26-20-11-19(29-16-6-4-10-31(23(16)35)17-7-2-8-18(17)33)30-21-15(13-27-32(20)21)22(34)28-14(12-25)5-3-9-24/h4,6,10-11,14,17-18,27,29-30,33H,2-3,5,7-9,12-13H2,1H3,(H,28,34)/t14-,17?,18+/m0/s1. The molecule has 4 rings (SSSR count). The number of rotatable bonds is 9. The number of amidine groups is 1. The Kier molecular flexibility index (Phi) is 7.81. The Morgan fingerprint density at radius 3 is 2.89 bits per heavy atom. The minimum Gasteiger partial charge on any atom is -0.391 e. The lowest BCUT2D eigenvalue weighted by Crippen LogP contribution is -2.45. The number of carbonyl (C=O) groups excluding carboxylic acids is 1. The molecule has 1 aromatic heterocycles. The van der Waals surface area contributed by atoms with Gasteiger partial charge in [0.15, 0.2) is 0 Å². The van der Waals surface area contributed by atoms with Crippen molar-refractivity contribution in [2.75, 3.05) is 32.3 Å². The average molecular weight is 492 g/mol. The maximum absolute atomic E-state index is 13.3. The third-order valence-electron chi connectivity index (χ3n) is 6.43. The van der Waals surface area contributed by atoms with E-state index in [0.717, 1.165) is 12.8 Å². The first kappa shape index (κ1) is 24.9. The number of fused-ring (bicyclic) bond motifs is 1. The molecule has 10 nitrogen and oxygen atoms in total. The van der Waals surface area contributed by atoms with Gasteiger partial charge in [-0.05, 0) is 44.2 Å². The monoisotopic (exact) mass is 491 g/mol. The summed E-state index contributed by atoms with van der Waals surface area (Å²) in [7, 11) is 1.60. The second-order valence-corrected chi connectivity index (χ2v) is 8.74. The van der Waals surface area contributed by atoms with Gasteiger partial charge in [-0.2, -0.15) is 0 Å². The van der Waals surface area contributed by atoms with Gasteiger partial charge in [-0.25, -0.2) is 14.8 Å². The van der Waals surface area contributed by atoms with Crippen LogP contribution in [0.2, 0.25) is 0 Å². The Bertz CT molecular complexity index is 1100. The van der Waals surface area contributed by atoms with Crippen LogP contribution in [0.5, 0.6) is 0 Å². The molecular weight excluding hydrogens is 460 g/mol. The highest BCUT2D eigenvalue weighted by Gasteiger charge is 2.34. The Labute approximate surface area is 201 Å². The van der Waals surface area contributed by atoms with Gasteiger partial charge in [0.05, 0.1) is 30.4 Å². The van der Waals surface area contributed by atoms with Crippen molar-refractivity contribution in [1.82, 2.24) is 25.6 Å². The molecule has 3 aliphatic rings. The molecule has 1 aromatic rings. The van der Waals surface area contributed by atoms with Gasteiger partial charge < -0.3 is 25.6 Å². The number of nitrogens with zero attached hydrogens (tertiary/aromatic N) is 3. The van der Waals surface area contributed by atoms with Crippen LogP contribution in [0.15, 0.2) is 51.4 Å². The van der Waals surface area contributed by atoms with E-state index in [2.05, 4.69) is 26.4 Å². The van der Waals surface area contributed by atoms with Crippen molar-refractivity contribution < 1.29 is 18.7 Å². The minimum atomic E-state index is -0.788. The van der Waals surface area contributed by atoms with Gasteiger partial charge >= 0.3 is 0 Å². The summed E-state index contributed by atoms with van der Waals surface area (Å²) in [4.78, 5) is 30.2. The second kappa shape index (κ2) is 11.0. The molecule has 0 aromatic carbocycles. The van der Waals surface area contributed by atoms with Gasteiger partial charge in [-0.1, -0.05) is 0 Å². The molecule has 35 heavy (non-hydrogen) atoms. The molecule has 1 saturated carbocycles. The van der Waals surface area contributed by atoms with Crippen molar-refractivity contribution >= 4 is 17.4 Å². The Morgan fingerprint density at radius 1 is 1.37 bits per heavy atom. The summed E-state index contributed by atoms with van der Waals surface area (Å²) in [6.07, 6.45) is 5.42. The summed E-state index contributed by atoms with van der Waals surface area (Å²) in [5.41, 5.74) is 3.42. The van der Waals surface area contributed by atoms with E-state index in [1.54, 1.807) is 41.0 Å². The third-order valence-corrected chi connectivity index (χ3v) is 6.43. The van der Waals surface area contributed by atoms with E-state index in [-0.39, 0.29) is 31.0 Å². The van der Waals surface area contributed by atoms with E-state index in [1.165, 1.54) is 0 Å². The van der Waals surface area contributed by atoms with E-state index in [9.17, 15) is 23.5 Å². The molecule has 1 amide bonds. The maximum Gasteiger partial charge on any atom is 0.274 e. The number of aliphatic hydroxyl groups excluding tert-OH is 1. The molecular formula is C23H31F2N7O3. The molecule has 1 aliphatic carbocycles. The van der Waals surface area contributed by atoms with Crippen LogP contribution in [0.4, 0.5) is 14.5 Å². The Morgan fingerprint density at radius 2 is 2.20 bits per heavy atom. The van der Waals surface area contributed by atoms with E-state index in [0.29, 0.717) is 35.2 Å². The topological polar surface area (TPSA) is 123 Å². The molecule has 1 unspecified atom stereocenters. The largest absolute Gasteiger partial charge is 0.391 e. The van der Waals surface area contributed by atoms with Crippen molar-refractivity contribution in [1.29, 1.82) is 0 Å². The maximum atomic E-state index is 13.3. The average Bonchev–Trinajstić information content (AvgIpc) is 3.48. The number of hydrazine groups is 1. The number of hydrogen-bond acceptors (Lipinski definition) is 7. The predicted molar refractivity (Wildman–Crippen MR) is 128 cm³/mol. The fourth-order valence-electron chi connectivity index (χ4n) is 4.60. The molecule has 1 fully saturated rings. The smallest absolute Gasteiger partial charge is 0.274 e. The summed E-state index contributed by atoms with van der Waals surface area (Å²) >= 11 is 0. The zero-order chi connectivity index (χ0) is 24.9. The van der Waals surface area contributed by atoms with E-state index in [1.807, 2.05) is 0 Å². The minimum absolute atomic E-state index is 0.166. The van der Waals surface area contributed by atoms with Crippen molar-refractivity contribution in [3.8, 4) is 0 Å². The number of anilines is 1. The molecule has 0 bridgehead atoms. The molecule has 0 radical (unpaired) electrons. The molecule has 0 saturated heterocycles. The highest BCUT2D eigenvalue weighted by atomic mass is 19.1. The summed E-state index contributed by atoms with van der Waals surface area (Å²) in [5, 5.41) is 20.7. The number of halogens is 2. The molecule has 5 N–H and O–H groups in total. The van der Waals surface area contributed by atoms with Crippen LogP contribution < -0.4 is 26.9 Å². The molecule has 2 aliphatic heterocycles. The lowest BCUT2D eigenvalue weighted by molar-refractivity contribution is -0.118. The van der Waals surface area contributed by atoms with Crippen molar-refractivity contribution in [3.05, 3.63) is 52.0 Å². The molecule has 3 heterocycles.